The first kappa shape index (κ1) is 28.6. The summed E-state index contributed by atoms with van der Waals surface area (Å²) < 4.78 is 53.6. The van der Waals surface area contributed by atoms with Crippen molar-refractivity contribution in [1.29, 1.82) is 0 Å². The van der Waals surface area contributed by atoms with Crippen LogP contribution in [-0.4, -0.2) is 64.1 Å². The first-order valence-corrected chi connectivity index (χ1v) is 14.2. The van der Waals surface area contributed by atoms with E-state index in [1.54, 1.807) is 0 Å². The van der Waals surface area contributed by atoms with Gasteiger partial charge in [0, 0.05) is 12.1 Å². The molecule has 36 heavy (non-hydrogen) atoms. The van der Waals surface area contributed by atoms with Gasteiger partial charge in [-0.1, -0.05) is 5.92 Å². The van der Waals surface area contributed by atoms with Crippen molar-refractivity contribution in [3.8, 4) is 11.8 Å². The van der Waals surface area contributed by atoms with Gasteiger partial charge in [0.05, 0.1) is 24.7 Å². The molecule has 4 unspecified atom stereocenters. The molecule has 0 saturated carbocycles. The third kappa shape index (κ3) is 6.13. The summed E-state index contributed by atoms with van der Waals surface area (Å²) in [6.07, 6.45) is -1.15. The van der Waals surface area contributed by atoms with E-state index in [0.717, 1.165) is 0 Å². The number of aromatic amines is 1. The number of fused-ring (bicyclic) bond motifs is 1. The third-order valence-electron chi connectivity index (χ3n) is 4.98. The number of phosphoric acid groups is 3. The molecule has 0 aromatic carbocycles. The minimum atomic E-state index is -5.74. The lowest BCUT2D eigenvalue weighted by molar-refractivity contribution is -0.0366. The van der Waals surface area contributed by atoms with Gasteiger partial charge in [-0.2, -0.15) is 13.6 Å². The molecule has 18 nitrogen and oxygen atoms in total. The SMILES string of the molecule is CC#CC1(N)C(CO)[C@@H](COP(=O)(O)OP(=O)(O)OP(=O)(O)O)O[C@H]1n1ccc2c(=O)[nH]c(N)nc21. The molecule has 0 aliphatic carbocycles. The second kappa shape index (κ2) is 10.1. The number of rotatable bonds is 9. The fraction of sp³-hybridized carbons (Fsp3) is 0.467. The number of hydrogen-bond acceptors (Lipinski definition) is 12. The summed E-state index contributed by atoms with van der Waals surface area (Å²) in [5, 5.41) is 10.1. The molecule has 0 amide bonds. The molecule has 0 radical (unpaired) electrons. The zero-order valence-corrected chi connectivity index (χ0v) is 20.9. The minimum Gasteiger partial charge on any atom is -0.396 e. The van der Waals surface area contributed by atoms with E-state index >= 15 is 0 Å². The number of nitrogens with two attached hydrogens (primary N) is 2. The lowest BCUT2D eigenvalue weighted by atomic mass is 9.83. The summed E-state index contributed by atoms with van der Waals surface area (Å²) >= 11 is 0. The summed E-state index contributed by atoms with van der Waals surface area (Å²) in [7, 11) is -16.8. The first-order chi connectivity index (χ1) is 16.5. The summed E-state index contributed by atoms with van der Waals surface area (Å²) in [6.45, 7) is -0.110. The van der Waals surface area contributed by atoms with Crippen molar-refractivity contribution in [2.45, 2.75) is 24.8 Å². The van der Waals surface area contributed by atoms with Gasteiger partial charge in [0.15, 0.2) is 11.9 Å². The molecule has 200 valence electrons. The van der Waals surface area contributed by atoms with Crippen LogP contribution in [0.1, 0.15) is 13.2 Å². The van der Waals surface area contributed by atoms with E-state index in [1.807, 2.05) is 0 Å². The van der Waals surface area contributed by atoms with Crippen LogP contribution in [0.3, 0.4) is 0 Å². The summed E-state index contributed by atoms with van der Waals surface area (Å²) in [6, 6.07) is 1.40. The Hall–Kier alpha value is -1.93. The van der Waals surface area contributed by atoms with Crippen molar-refractivity contribution in [3.63, 3.8) is 0 Å². The van der Waals surface area contributed by atoms with Crippen LogP contribution in [-0.2, 0) is 31.6 Å². The Labute approximate surface area is 201 Å². The van der Waals surface area contributed by atoms with Crippen LogP contribution in [0.25, 0.3) is 11.0 Å². The van der Waals surface area contributed by atoms with Gasteiger partial charge in [-0.15, -0.1) is 5.92 Å². The lowest BCUT2D eigenvalue weighted by Crippen LogP contribution is -2.51. The maximum Gasteiger partial charge on any atom is 0.490 e. The number of H-pyrrole nitrogens is 1. The fourth-order valence-electron chi connectivity index (χ4n) is 3.67. The van der Waals surface area contributed by atoms with E-state index in [0.29, 0.717) is 0 Å². The average Bonchev–Trinajstić information content (AvgIpc) is 3.22. The number of aliphatic hydroxyl groups is 1. The predicted octanol–water partition coefficient (Wildman–Crippen LogP) is -1.12. The maximum atomic E-state index is 12.2. The Bertz CT molecular complexity index is 1410. The largest absolute Gasteiger partial charge is 0.490 e. The van der Waals surface area contributed by atoms with Gasteiger partial charge in [-0.25, -0.2) is 13.7 Å². The second-order valence-electron chi connectivity index (χ2n) is 7.42. The standard InChI is InChI=1S/C15H22N5O13P3/c1-2-4-15(17)9(6-21)10(7-30-35(26,27)33-36(28,29)32-34(23,24)25)31-13(15)20-5-3-8-11(20)18-14(16)19-12(8)22/h3,5,9-10,13,21H,6-7,17H2,1H3,(H,26,27)(H,28,29)(H2,23,24,25)(H3,16,18,19,22)/t9?,10-,13-,15?/m1/s1. The fourth-order valence-corrected chi connectivity index (χ4v) is 6.70. The van der Waals surface area contributed by atoms with Gasteiger partial charge >= 0.3 is 23.5 Å². The molecule has 1 aliphatic heterocycles. The topological polar surface area (TPSA) is 292 Å². The molecule has 1 aliphatic rings. The van der Waals surface area contributed by atoms with Crippen LogP contribution in [0.15, 0.2) is 17.1 Å². The second-order valence-corrected chi connectivity index (χ2v) is 11.8. The third-order valence-corrected chi connectivity index (χ3v) is 8.79. The molecule has 3 heterocycles. The molecule has 1 fully saturated rings. The van der Waals surface area contributed by atoms with Gasteiger partial charge in [0.25, 0.3) is 5.56 Å². The van der Waals surface area contributed by atoms with E-state index in [-0.39, 0.29) is 17.0 Å². The summed E-state index contributed by atoms with van der Waals surface area (Å²) in [5.74, 6) is 4.00. The maximum absolute atomic E-state index is 12.2. The van der Waals surface area contributed by atoms with Gasteiger partial charge in [0.2, 0.25) is 5.95 Å². The molecule has 2 aromatic heterocycles. The highest BCUT2D eigenvalue weighted by molar-refractivity contribution is 7.66. The Balaban J connectivity index is 1.91. The molecule has 0 spiro atoms. The molecular formula is C15H22N5O13P3. The Kier molecular flexibility index (Phi) is 8.02. The number of aliphatic hydroxyl groups excluding tert-OH is 1. The summed E-state index contributed by atoms with van der Waals surface area (Å²) in [5.41, 5.74) is 9.94. The Morgan fingerprint density at radius 2 is 1.92 bits per heavy atom. The van der Waals surface area contributed by atoms with Gasteiger partial charge in [-0.05, 0) is 13.0 Å². The molecule has 3 rings (SSSR count). The number of nitrogens with one attached hydrogen (secondary N) is 1. The van der Waals surface area contributed by atoms with Crippen LogP contribution in [0.2, 0.25) is 0 Å². The van der Waals surface area contributed by atoms with Crippen molar-refractivity contribution < 1.29 is 56.3 Å². The Morgan fingerprint density at radius 3 is 2.50 bits per heavy atom. The van der Waals surface area contributed by atoms with E-state index in [2.05, 4.69) is 35.0 Å². The van der Waals surface area contributed by atoms with E-state index in [4.69, 9.17) is 26.0 Å². The van der Waals surface area contributed by atoms with Crippen molar-refractivity contribution in [2.24, 2.45) is 11.7 Å². The molecule has 21 heteroatoms. The number of anilines is 1. The number of nitrogen functional groups attached to an aromatic ring is 1. The van der Waals surface area contributed by atoms with E-state index < -0.39 is 66.0 Å². The van der Waals surface area contributed by atoms with Crippen molar-refractivity contribution in [2.75, 3.05) is 18.9 Å². The average molecular weight is 573 g/mol. The molecule has 1 saturated heterocycles. The number of phosphoric ester groups is 1. The first-order valence-electron chi connectivity index (χ1n) is 9.65. The highest BCUT2D eigenvalue weighted by atomic mass is 31.3. The highest BCUT2D eigenvalue weighted by Crippen LogP contribution is 2.66. The minimum absolute atomic E-state index is 0.0548. The van der Waals surface area contributed by atoms with Crippen LogP contribution in [0.5, 0.6) is 0 Å². The zero-order valence-electron chi connectivity index (χ0n) is 18.2. The normalized spacial score (nSPS) is 27.8. The lowest BCUT2D eigenvalue weighted by Gasteiger charge is -2.30. The molecule has 0 bridgehead atoms. The monoisotopic (exact) mass is 573 g/mol. The molecule has 10 N–H and O–H groups in total. The molecule has 2 aromatic rings. The number of nitrogens with zero attached hydrogens (tertiary/aromatic N) is 2. The smallest absolute Gasteiger partial charge is 0.396 e. The quantitative estimate of drug-likeness (QED) is 0.130. The van der Waals surface area contributed by atoms with Crippen LogP contribution in [0.4, 0.5) is 5.95 Å². The Morgan fingerprint density at radius 1 is 1.25 bits per heavy atom. The number of aromatic nitrogens is 3. The van der Waals surface area contributed by atoms with E-state index in [1.165, 1.54) is 23.8 Å². The van der Waals surface area contributed by atoms with Crippen LogP contribution >= 0.6 is 23.5 Å². The number of ether oxygens (including phenoxy) is 1. The van der Waals surface area contributed by atoms with Gasteiger partial charge in [0.1, 0.15) is 5.54 Å². The van der Waals surface area contributed by atoms with Crippen LogP contribution < -0.4 is 17.0 Å². The van der Waals surface area contributed by atoms with Crippen molar-refractivity contribution in [1.82, 2.24) is 14.5 Å². The van der Waals surface area contributed by atoms with Crippen LogP contribution in [0, 0.1) is 17.8 Å². The van der Waals surface area contributed by atoms with Gasteiger partial charge < -0.3 is 45.5 Å². The highest BCUT2D eigenvalue weighted by Gasteiger charge is 2.55. The molecular weight excluding hydrogens is 551 g/mol. The van der Waals surface area contributed by atoms with Crippen molar-refractivity contribution in [3.05, 3.63) is 22.6 Å². The summed E-state index contributed by atoms with van der Waals surface area (Å²) in [4.78, 5) is 54.8. The predicted molar refractivity (Wildman–Crippen MR) is 119 cm³/mol. The van der Waals surface area contributed by atoms with Gasteiger partial charge in [-0.3, -0.25) is 14.3 Å². The van der Waals surface area contributed by atoms with Crippen molar-refractivity contribution >= 4 is 40.4 Å². The molecule has 6 atom stereocenters. The number of hydrogen-bond donors (Lipinski definition) is 8. The zero-order chi connectivity index (χ0) is 27.1. The van der Waals surface area contributed by atoms with E-state index in [9.17, 15) is 33.4 Å².